The van der Waals surface area contributed by atoms with Gasteiger partial charge in [0, 0.05) is 17.5 Å². The highest BCUT2D eigenvalue weighted by Gasteiger charge is 2.09. The summed E-state index contributed by atoms with van der Waals surface area (Å²) in [5.41, 5.74) is 4.47. The third kappa shape index (κ3) is 5.99. The first-order valence-electron chi connectivity index (χ1n) is 11.0. The number of carbonyl (C=O) groups excluding carboxylic acids is 1. The number of methoxy groups -OCH3 is 1. The van der Waals surface area contributed by atoms with Crippen molar-refractivity contribution in [2.45, 2.75) is 13.0 Å². The van der Waals surface area contributed by atoms with E-state index in [1.807, 2.05) is 54.6 Å². The fourth-order valence-corrected chi connectivity index (χ4v) is 3.66. The molecule has 0 aliphatic heterocycles. The lowest BCUT2D eigenvalue weighted by atomic mass is 10.0. The van der Waals surface area contributed by atoms with Crippen molar-refractivity contribution in [1.29, 1.82) is 0 Å². The van der Waals surface area contributed by atoms with Gasteiger partial charge in [0.1, 0.15) is 23.9 Å². The Morgan fingerprint density at radius 1 is 0.824 bits per heavy atom. The van der Waals surface area contributed by atoms with Crippen molar-refractivity contribution in [3.05, 3.63) is 137 Å². The molecule has 0 aromatic heterocycles. The van der Waals surface area contributed by atoms with Crippen molar-refractivity contribution >= 4 is 11.9 Å². The van der Waals surface area contributed by atoms with Gasteiger partial charge < -0.3 is 9.47 Å². The minimum Gasteiger partial charge on any atom is -0.496 e. The standard InChI is InChI=1S/C30H25FO3/c1-33-29-18-12-23(11-17-28(32)24-13-15-27(31)16-14-24)20-26(29)21-34-30-10-6-5-9-25(30)19-22-7-3-2-4-8-22/h2-18,20H,19,21H2,1H3/b17-11+. The lowest BCUT2D eigenvalue weighted by Gasteiger charge is -2.14. The van der Waals surface area contributed by atoms with Crippen LogP contribution in [0.2, 0.25) is 0 Å². The predicted octanol–water partition coefficient (Wildman–Crippen LogP) is 6.90. The summed E-state index contributed by atoms with van der Waals surface area (Å²) < 4.78 is 24.8. The quantitative estimate of drug-likeness (QED) is 0.205. The summed E-state index contributed by atoms with van der Waals surface area (Å²) in [6.07, 6.45) is 4.00. The number of halogens is 1. The van der Waals surface area contributed by atoms with Crippen LogP contribution >= 0.6 is 0 Å². The molecule has 0 amide bonds. The number of hydrogen-bond acceptors (Lipinski definition) is 3. The Labute approximate surface area is 199 Å². The van der Waals surface area contributed by atoms with Crippen molar-refractivity contribution in [2.24, 2.45) is 0 Å². The molecule has 170 valence electrons. The van der Waals surface area contributed by atoms with E-state index in [1.165, 1.54) is 35.9 Å². The smallest absolute Gasteiger partial charge is 0.185 e. The first-order chi connectivity index (χ1) is 16.6. The molecule has 4 heteroatoms. The lowest BCUT2D eigenvalue weighted by Crippen LogP contribution is -2.02. The number of hydrogen-bond donors (Lipinski definition) is 0. The molecule has 0 bridgehead atoms. The summed E-state index contributed by atoms with van der Waals surface area (Å²) >= 11 is 0. The van der Waals surface area contributed by atoms with Crippen LogP contribution in [-0.2, 0) is 13.0 Å². The van der Waals surface area contributed by atoms with Crippen molar-refractivity contribution in [3.8, 4) is 11.5 Å². The average Bonchev–Trinajstić information content (AvgIpc) is 2.88. The van der Waals surface area contributed by atoms with Gasteiger partial charge in [-0.25, -0.2) is 4.39 Å². The van der Waals surface area contributed by atoms with E-state index in [0.717, 1.165) is 28.9 Å². The van der Waals surface area contributed by atoms with Crippen molar-refractivity contribution in [3.63, 3.8) is 0 Å². The summed E-state index contributed by atoms with van der Waals surface area (Å²) in [6, 6.07) is 29.4. The molecule has 0 unspecified atom stereocenters. The van der Waals surface area contributed by atoms with Crippen LogP contribution in [0.25, 0.3) is 6.08 Å². The fourth-order valence-electron chi connectivity index (χ4n) is 3.66. The topological polar surface area (TPSA) is 35.5 Å². The molecule has 0 atom stereocenters. The van der Waals surface area contributed by atoms with E-state index in [9.17, 15) is 9.18 Å². The second-order valence-electron chi connectivity index (χ2n) is 7.83. The molecule has 0 fully saturated rings. The van der Waals surface area contributed by atoms with Crippen molar-refractivity contribution < 1.29 is 18.7 Å². The zero-order valence-electron chi connectivity index (χ0n) is 18.9. The predicted molar refractivity (Wildman–Crippen MR) is 133 cm³/mol. The summed E-state index contributed by atoms with van der Waals surface area (Å²) in [4.78, 5) is 12.4. The minimum atomic E-state index is -0.370. The molecule has 4 rings (SSSR count). The molecule has 0 N–H and O–H groups in total. The van der Waals surface area contributed by atoms with E-state index in [2.05, 4.69) is 18.2 Å². The summed E-state index contributed by atoms with van der Waals surface area (Å²) in [5.74, 6) is 0.970. The number of allylic oxidation sites excluding steroid dienone is 1. The first-order valence-corrected chi connectivity index (χ1v) is 11.0. The highest BCUT2D eigenvalue weighted by molar-refractivity contribution is 6.06. The molecule has 0 radical (unpaired) electrons. The normalized spacial score (nSPS) is 10.9. The number of carbonyl (C=O) groups is 1. The molecule has 0 aliphatic carbocycles. The van der Waals surface area contributed by atoms with Crippen LogP contribution in [0.4, 0.5) is 4.39 Å². The summed E-state index contributed by atoms with van der Waals surface area (Å²) in [6.45, 7) is 0.322. The minimum absolute atomic E-state index is 0.191. The maximum Gasteiger partial charge on any atom is 0.185 e. The van der Waals surface area contributed by atoms with Gasteiger partial charge in [0.2, 0.25) is 0 Å². The lowest BCUT2D eigenvalue weighted by molar-refractivity contribution is 0.104. The first kappa shape index (κ1) is 23.0. The van der Waals surface area contributed by atoms with Crippen molar-refractivity contribution in [2.75, 3.05) is 7.11 Å². The van der Waals surface area contributed by atoms with E-state index in [1.54, 1.807) is 13.2 Å². The van der Waals surface area contributed by atoms with Gasteiger partial charge in [0.15, 0.2) is 5.78 Å². The largest absolute Gasteiger partial charge is 0.496 e. The molecule has 0 aliphatic rings. The van der Waals surface area contributed by atoms with Gasteiger partial charge in [0.25, 0.3) is 0 Å². The molecule has 3 nitrogen and oxygen atoms in total. The molecule has 0 spiro atoms. The Hall–Kier alpha value is -4.18. The second-order valence-corrected chi connectivity index (χ2v) is 7.83. The molecule has 0 heterocycles. The molecular formula is C30H25FO3. The fraction of sp³-hybridized carbons (Fsp3) is 0.100. The van der Waals surface area contributed by atoms with Gasteiger partial charge in [0.05, 0.1) is 7.11 Å². The molecule has 34 heavy (non-hydrogen) atoms. The number of rotatable bonds is 9. The van der Waals surface area contributed by atoms with Gasteiger partial charge in [-0.2, -0.15) is 0 Å². The van der Waals surface area contributed by atoms with E-state index >= 15 is 0 Å². The van der Waals surface area contributed by atoms with Crippen LogP contribution in [-0.4, -0.2) is 12.9 Å². The Kier molecular flexibility index (Phi) is 7.51. The Balaban J connectivity index is 1.49. The maximum atomic E-state index is 13.1. The van der Waals surface area contributed by atoms with E-state index in [0.29, 0.717) is 17.9 Å². The third-order valence-electron chi connectivity index (χ3n) is 5.45. The highest BCUT2D eigenvalue weighted by Crippen LogP contribution is 2.26. The van der Waals surface area contributed by atoms with Crippen LogP contribution in [0.15, 0.2) is 103 Å². The van der Waals surface area contributed by atoms with Crippen LogP contribution in [0.1, 0.15) is 32.6 Å². The summed E-state index contributed by atoms with van der Waals surface area (Å²) in [7, 11) is 1.62. The van der Waals surface area contributed by atoms with E-state index in [4.69, 9.17) is 9.47 Å². The monoisotopic (exact) mass is 452 g/mol. The van der Waals surface area contributed by atoms with Gasteiger partial charge >= 0.3 is 0 Å². The third-order valence-corrected chi connectivity index (χ3v) is 5.45. The van der Waals surface area contributed by atoms with Gasteiger partial charge in [-0.1, -0.05) is 60.7 Å². The maximum absolute atomic E-state index is 13.1. The van der Waals surface area contributed by atoms with Gasteiger partial charge in [-0.05, 0) is 65.2 Å². The second kappa shape index (κ2) is 11.1. The Morgan fingerprint density at radius 3 is 2.32 bits per heavy atom. The number of ketones is 1. The molecule has 0 saturated heterocycles. The average molecular weight is 453 g/mol. The Bertz CT molecular complexity index is 1280. The van der Waals surface area contributed by atoms with Gasteiger partial charge in [-0.15, -0.1) is 0 Å². The van der Waals surface area contributed by atoms with Crippen LogP contribution in [0.3, 0.4) is 0 Å². The zero-order chi connectivity index (χ0) is 23.8. The molecule has 4 aromatic rings. The van der Waals surface area contributed by atoms with Crippen molar-refractivity contribution in [1.82, 2.24) is 0 Å². The van der Waals surface area contributed by atoms with E-state index in [-0.39, 0.29) is 11.6 Å². The van der Waals surface area contributed by atoms with Crippen LogP contribution in [0, 0.1) is 5.82 Å². The zero-order valence-corrected chi connectivity index (χ0v) is 18.9. The van der Waals surface area contributed by atoms with Gasteiger partial charge in [-0.3, -0.25) is 4.79 Å². The van der Waals surface area contributed by atoms with Crippen LogP contribution in [0.5, 0.6) is 11.5 Å². The molecule has 0 saturated carbocycles. The SMILES string of the molecule is COc1ccc(/C=C/C(=O)c2ccc(F)cc2)cc1COc1ccccc1Cc1ccccc1. The highest BCUT2D eigenvalue weighted by atomic mass is 19.1. The molecule has 4 aromatic carbocycles. The molecular weight excluding hydrogens is 427 g/mol. The number of benzene rings is 4. The summed E-state index contributed by atoms with van der Waals surface area (Å²) in [5, 5.41) is 0. The van der Waals surface area contributed by atoms with Crippen LogP contribution < -0.4 is 9.47 Å². The number of para-hydroxylation sites is 1. The Morgan fingerprint density at radius 2 is 1.56 bits per heavy atom. The van der Waals surface area contributed by atoms with E-state index < -0.39 is 0 Å². The number of ether oxygens (including phenoxy) is 2.